The molecule has 116 valence electrons. The van der Waals surface area contributed by atoms with Gasteiger partial charge in [-0.2, -0.15) is 0 Å². The number of benzene rings is 1. The summed E-state index contributed by atoms with van der Waals surface area (Å²) in [6, 6.07) is 5.54. The third-order valence-electron chi connectivity index (χ3n) is 4.80. The lowest BCUT2D eigenvalue weighted by Crippen LogP contribution is -2.51. The van der Waals surface area contributed by atoms with Crippen LogP contribution in [0.2, 0.25) is 0 Å². The molecular weight excluding hydrogens is 306 g/mol. The van der Waals surface area contributed by atoms with Gasteiger partial charge in [0.15, 0.2) is 0 Å². The molecule has 3 nitrogen and oxygen atoms in total. The Morgan fingerprint density at radius 3 is 2.48 bits per heavy atom. The summed E-state index contributed by atoms with van der Waals surface area (Å²) < 4.78 is 28.3. The van der Waals surface area contributed by atoms with E-state index in [1.807, 2.05) is 12.1 Å². The molecule has 0 amide bonds. The lowest BCUT2D eigenvalue weighted by atomic mass is 9.84. The van der Waals surface area contributed by atoms with Crippen molar-refractivity contribution in [1.29, 1.82) is 0 Å². The van der Waals surface area contributed by atoms with Gasteiger partial charge in [0.2, 0.25) is 10.0 Å². The van der Waals surface area contributed by atoms with Gasteiger partial charge in [0.05, 0.1) is 4.90 Å². The predicted molar refractivity (Wildman–Crippen MR) is 85.3 cm³/mol. The Labute approximate surface area is 132 Å². The zero-order valence-corrected chi connectivity index (χ0v) is 13.8. The average Bonchev–Trinajstić information content (AvgIpc) is 2.95. The molecule has 0 spiro atoms. The summed E-state index contributed by atoms with van der Waals surface area (Å²) in [6.07, 6.45) is 8.09. The van der Waals surface area contributed by atoms with E-state index in [2.05, 4.69) is 4.72 Å². The lowest BCUT2D eigenvalue weighted by Gasteiger charge is -2.36. The highest BCUT2D eigenvalue weighted by Gasteiger charge is 2.36. The summed E-state index contributed by atoms with van der Waals surface area (Å²) in [5, 5.41) is 0. The van der Waals surface area contributed by atoms with Crippen molar-refractivity contribution in [3.63, 3.8) is 0 Å². The summed E-state index contributed by atoms with van der Waals surface area (Å²) in [5.74, 6) is 0.344. The molecule has 0 saturated heterocycles. The summed E-state index contributed by atoms with van der Waals surface area (Å²) in [6.45, 7) is 0. The van der Waals surface area contributed by atoms with Gasteiger partial charge in [0.25, 0.3) is 0 Å². The molecule has 0 aliphatic heterocycles. The Morgan fingerprint density at radius 2 is 1.76 bits per heavy atom. The summed E-state index contributed by atoms with van der Waals surface area (Å²) in [5.41, 5.74) is 2.01. The average molecular weight is 328 g/mol. The van der Waals surface area contributed by atoms with Crippen LogP contribution in [0, 0.1) is 0 Å². The molecule has 0 unspecified atom stereocenters. The van der Waals surface area contributed by atoms with Gasteiger partial charge in [-0.15, -0.1) is 11.6 Å². The van der Waals surface area contributed by atoms with E-state index in [1.54, 1.807) is 6.07 Å². The van der Waals surface area contributed by atoms with E-state index in [9.17, 15) is 8.42 Å². The van der Waals surface area contributed by atoms with Crippen LogP contribution in [-0.2, 0) is 22.9 Å². The smallest absolute Gasteiger partial charge is 0.207 e. The number of sulfonamides is 1. The first-order valence-corrected chi connectivity index (χ1v) is 9.78. The van der Waals surface area contributed by atoms with Gasteiger partial charge < -0.3 is 0 Å². The van der Waals surface area contributed by atoms with Gasteiger partial charge in [0, 0.05) is 11.4 Å². The standard InChI is InChI=1S/C16H22ClNO2S/c17-12-16(9-2-1-3-10-16)18-21(19,20)15-8-7-13-5-4-6-14(13)11-15/h7-8,11,18H,1-6,9-10,12H2. The molecule has 0 heterocycles. The van der Waals surface area contributed by atoms with Gasteiger partial charge in [-0.25, -0.2) is 13.1 Å². The Balaban J connectivity index is 1.86. The Hall–Kier alpha value is -0.580. The van der Waals surface area contributed by atoms with Crippen LogP contribution in [0.4, 0.5) is 0 Å². The number of halogens is 1. The molecule has 1 aromatic carbocycles. The molecule has 2 aliphatic carbocycles. The molecular formula is C16H22ClNO2S. The van der Waals surface area contributed by atoms with Crippen LogP contribution in [0.3, 0.4) is 0 Å². The Bertz CT molecular complexity index is 621. The molecule has 1 fully saturated rings. The van der Waals surface area contributed by atoms with E-state index < -0.39 is 15.6 Å². The van der Waals surface area contributed by atoms with E-state index in [1.165, 1.54) is 17.5 Å². The van der Waals surface area contributed by atoms with Crippen LogP contribution in [-0.4, -0.2) is 19.8 Å². The van der Waals surface area contributed by atoms with Crippen molar-refractivity contribution in [2.24, 2.45) is 0 Å². The van der Waals surface area contributed by atoms with Crippen molar-refractivity contribution in [3.8, 4) is 0 Å². The first-order chi connectivity index (χ1) is 10.0. The zero-order chi connectivity index (χ0) is 14.9. The number of hydrogen-bond donors (Lipinski definition) is 1. The van der Waals surface area contributed by atoms with E-state index in [0.717, 1.165) is 44.9 Å². The van der Waals surface area contributed by atoms with Crippen LogP contribution in [0.1, 0.15) is 49.7 Å². The maximum absolute atomic E-state index is 12.7. The zero-order valence-electron chi connectivity index (χ0n) is 12.2. The molecule has 1 aromatic rings. The second-order valence-electron chi connectivity index (χ2n) is 6.36. The summed E-state index contributed by atoms with van der Waals surface area (Å²) in [4.78, 5) is 0.387. The van der Waals surface area contributed by atoms with Gasteiger partial charge in [-0.05, 0) is 55.4 Å². The monoisotopic (exact) mass is 327 g/mol. The van der Waals surface area contributed by atoms with Crippen molar-refractivity contribution in [2.45, 2.75) is 61.8 Å². The molecule has 0 bridgehead atoms. The van der Waals surface area contributed by atoms with Gasteiger partial charge in [0.1, 0.15) is 0 Å². The van der Waals surface area contributed by atoms with Crippen LogP contribution < -0.4 is 4.72 Å². The number of nitrogens with one attached hydrogen (secondary N) is 1. The minimum Gasteiger partial charge on any atom is -0.207 e. The van der Waals surface area contributed by atoms with Crippen molar-refractivity contribution in [1.82, 2.24) is 4.72 Å². The van der Waals surface area contributed by atoms with Gasteiger partial charge >= 0.3 is 0 Å². The maximum Gasteiger partial charge on any atom is 0.241 e. The molecule has 0 radical (unpaired) electrons. The molecule has 1 saturated carbocycles. The number of aryl methyl sites for hydroxylation is 2. The second kappa shape index (κ2) is 5.90. The van der Waals surface area contributed by atoms with Gasteiger partial charge in [-0.3, -0.25) is 0 Å². The predicted octanol–water partition coefficient (Wildman–Crippen LogP) is 3.40. The maximum atomic E-state index is 12.7. The van der Waals surface area contributed by atoms with Crippen molar-refractivity contribution in [2.75, 3.05) is 5.88 Å². The fraction of sp³-hybridized carbons (Fsp3) is 0.625. The molecule has 0 atom stereocenters. The van der Waals surface area contributed by atoms with Crippen LogP contribution >= 0.6 is 11.6 Å². The van der Waals surface area contributed by atoms with Crippen molar-refractivity contribution >= 4 is 21.6 Å². The number of fused-ring (bicyclic) bond motifs is 1. The van der Waals surface area contributed by atoms with Crippen LogP contribution in [0.25, 0.3) is 0 Å². The summed E-state index contributed by atoms with van der Waals surface area (Å²) >= 11 is 6.10. The number of hydrogen-bond acceptors (Lipinski definition) is 2. The fourth-order valence-corrected chi connectivity index (χ4v) is 5.47. The minimum absolute atomic E-state index is 0.344. The molecule has 0 aromatic heterocycles. The topological polar surface area (TPSA) is 46.2 Å². The molecule has 1 N–H and O–H groups in total. The van der Waals surface area contributed by atoms with Gasteiger partial charge in [-0.1, -0.05) is 25.3 Å². The summed E-state index contributed by atoms with van der Waals surface area (Å²) in [7, 11) is -3.49. The van der Waals surface area contributed by atoms with Crippen LogP contribution in [0.15, 0.2) is 23.1 Å². The Kier molecular flexibility index (Phi) is 4.30. The fourth-order valence-electron chi connectivity index (χ4n) is 3.55. The highest BCUT2D eigenvalue weighted by molar-refractivity contribution is 7.89. The lowest BCUT2D eigenvalue weighted by molar-refractivity contribution is 0.298. The molecule has 3 rings (SSSR count). The number of rotatable bonds is 4. The Morgan fingerprint density at radius 1 is 1.05 bits per heavy atom. The largest absolute Gasteiger partial charge is 0.241 e. The second-order valence-corrected chi connectivity index (χ2v) is 8.31. The molecule has 21 heavy (non-hydrogen) atoms. The first kappa shape index (κ1) is 15.3. The first-order valence-electron chi connectivity index (χ1n) is 7.76. The third kappa shape index (κ3) is 3.13. The van der Waals surface area contributed by atoms with E-state index in [-0.39, 0.29) is 0 Å². The van der Waals surface area contributed by atoms with E-state index in [0.29, 0.717) is 10.8 Å². The highest BCUT2D eigenvalue weighted by Crippen LogP contribution is 2.32. The van der Waals surface area contributed by atoms with Crippen LogP contribution in [0.5, 0.6) is 0 Å². The highest BCUT2D eigenvalue weighted by atomic mass is 35.5. The SMILES string of the molecule is O=S(=O)(NC1(CCl)CCCCC1)c1ccc2c(c1)CCC2. The van der Waals surface area contributed by atoms with E-state index >= 15 is 0 Å². The van der Waals surface area contributed by atoms with E-state index in [4.69, 9.17) is 11.6 Å². The number of alkyl halides is 1. The minimum atomic E-state index is -3.49. The quantitative estimate of drug-likeness (QED) is 0.861. The van der Waals surface area contributed by atoms with Crippen molar-refractivity contribution < 1.29 is 8.42 Å². The van der Waals surface area contributed by atoms with Crippen molar-refractivity contribution in [3.05, 3.63) is 29.3 Å². The molecule has 5 heteroatoms. The molecule has 2 aliphatic rings. The third-order valence-corrected chi connectivity index (χ3v) is 6.89. The normalized spacial score (nSPS) is 21.2.